The van der Waals surface area contributed by atoms with Gasteiger partial charge in [-0.3, -0.25) is 10.1 Å². The third kappa shape index (κ3) is 4.18. The lowest BCUT2D eigenvalue weighted by molar-refractivity contribution is -0.385. The monoisotopic (exact) mass is 268 g/mol. The van der Waals surface area contributed by atoms with Gasteiger partial charge in [0.1, 0.15) is 5.75 Å². The van der Waals surface area contributed by atoms with Gasteiger partial charge in [-0.2, -0.15) is 0 Å². The molecule has 6 nitrogen and oxygen atoms in total. The van der Waals surface area contributed by atoms with Crippen LogP contribution in [0.5, 0.6) is 5.75 Å². The molecule has 6 heteroatoms. The zero-order valence-corrected chi connectivity index (χ0v) is 11.1. The van der Waals surface area contributed by atoms with Crippen LogP contribution >= 0.6 is 0 Å². The molecule has 0 fully saturated rings. The minimum atomic E-state index is -0.883. The van der Waals surface area contributed by atoms with Crippen molar-refractivity contribution in [2.24, 2.45) is 11.7 Å². The number of aromatic hydroxyl groups is 1. The predicted molar refractivity (Wildman–Crippen MR) is 71.8 cm³/mol. The molecule has 0 saturated heterocycles. The molecule has 0 aliphatic carbocycles. The fourth-order valence-corrected chi connectivity index (χ4v) is 1.87. The largest absolute Gasteiger partial charge is 0.508 e. The molecular formula is C13H20N2O4. The fourth-order valence-electron chi connectivity index (χ4n) is 1.87. The normalized spacial score (nSPS) is 14.4. The van der Waals surface area contributed by atoms with Crippen LogP contribution in [-0.2, 0) is 0 Å². The van der Waals surface area contributed by atoms with Crippen LogP contribution in [0.25, 0.3) is 0 Å². The fraction of sp³-hybridized carbons (Fsp3) is 0.538. The first-order chi connectivity index (χ1) is 8.82. The molecule has 0 aromatic heterocycles. The van der Waals surface area contributed by atoms with Crippen LogP contribution < -0.4 is 5.73 Å². The van der Waals surface area contributed by atoms with E-state index >= 15 is 0 Å². The third-order valence-electron chi connectivity index (χ3n) is 3.02. The SMILES string of the molecule is CC(C)CC[C@@H](O)[C@@H](N)c1cc(O)ccc1[N+](=O)[O-]. The highest BCUT2D eigenvalue weighted by Crippen LogP contribution is 2.30. The number of phenols is 1. The van der Waals surface area contributed by atoms with Gasteiger partial charge in [0, 0.05) is 6.07 Å². The summed E-state index contributed by atoms with van der Waals surface area (Å²) in [5, 5.41) is 30.3. The molecule has 0 aliphatic rings. The highest BCUT2D eigenvalue weighted by Gasteiger charge is 2.25. The molecule has 0 spiro atoms. The molecule has 1 aromatic carbocycles. The number of aliphatic hydroxyl groups is 1. The molecule has 2 atom stereocenters. The summed E-state index contributed by atoms with van der Waals surface area (Å²) in [6, 6.07) is 2.78. The molecule has 106 valence electrons. The van der Waals surface area contributed by atoms with Gasteiger partial charge in [0.05, 0.1) is 22.6 Å². The van der Waals surface area contributed by atoms with Gasteiger partial charge < -0.3 is 15.9 Å². The van der Waals surface area contributed by atoms with E-state index in [2.05, 4.69) is 0 Å². The highest BCUT2D eigenvalue weighted by atomic mass is 16.6. The second kappa shape index (κ2) is 6.49. The smallest absolute Gasteiger partial charge is 0.274 e. The number of hydrogen-bond acceptors (Lipinski definition) is 5. The maximum atomic E-state index is 10.9. The number of nitro benzene ring substituents is 1. The molecule has 0 aliphatic heterocycles. The summed E-state index contributed by atoms with van der Waals surface area (Å²) >= 11 is 0. The van der Waals surface area contributed by atoms with E-state index < -0.39 is 17.1 Å². The topological polar surface area (TPSA) is 110 Å². The zero-order chi connectivity index (χ0) is 14.6. The van der Waals surface area contributed by atoms with Gasteiger partial charge in [-0.05, 0) is 30.9 Å². The van der Waals surface area contributed by atoms with Gasteiger partial charge in [-0.15, -0.1) is 0 Å². The van der Waals surface area contributed by atoms with E-state index in [-0.39, 0.29) is 17.0 Å². The van der Waals surface area contributed by atoms with Crippen molar-refractivity contribution in [2.75, 3.05) is 0 Å². The second-order valence-corrected chi connectivity index (χ2v) is 5.06. The summed E-state index contributed by atoms with van der Waals surface area (Å²) in [6.07, 6.45) is 0.371. The van der Waals surface area contributed by atoms with Crippen molar-refractivity contribution in [1.82, 2.24) is 0 Å². The predicted octanol–water partition coefficient (Wildman–Crippen LogP) is 2.10. The second-order valence-electron chi connectivity index (χ2n) is 5.06. The lowest BCUT2D eigenvalue weighted by Crippen LogP contribution is -2.27. The number of nitrogens with two attached hydrogens (primary N) is 1. The van der Waals surface area contributed by atoms with Crippen LogP contribution in [-0.4, -0.2) is 21.2 Å². The molecule has 0 radical (unpaired) electrons. The number of benzene rings is 1. The average molecular weight is 268 g/mol. The van der Waals surface area contributed by atoms with Crippen LogP contribution in [0, 0.1) is 16.0 Å². The Morgan fingerprint density at radius 2 is 2.00 bits per heavy atom. The number of rotatable bonds is 6. The number of nitrogens with zero attached hydrogens (tertiary/aromatic N) is 1. The Morgan fingerprint density at radius 1 is 1.37 bits per heavy atom. The van der Waals surface area contributed by atoms with Crippen molar-refractivity contribution in [1.29, 1.82) is 0 Å². The maximum Gasteiger partial charge on any atom is 0.274 e. The van der Waals surface area contributed by atoms with Crippen molar-refractivity contribution in [3.05, 3.63) is 33.9 Å². The number of phenolic OH excluding ortho intramolecular Hbond substituents is 1. The van der Waals surface area contributed by atoms with E-state index in [0.29, 0.717) is 12.3 Å². The third-order valence-corrected chi connectivity index (χ3v) is 3.02. The van der Waals surface area contributed by atoms with Crippen molar-refractivity contribution < 1.29 is 15.1 Å². The molecule has 19 heavy (non-hydrogen) atoms. The van der Waals surface area contributed by atoms with Gasteiger partial charge in [0.2, 0.25) is 0 Å². The molecule has 4 N–H and O–H groups in total. The Kier molecular flexibility index (Phi) is 5.26. The van der Waals surface area contributed by atoms with Gasteiger partial charge in [0.25, 0.3) is 5.69 Å². The van der Waals surface area contributed by atoms with E-state index in [1.54, 1.807) is 0 Å². The van der Waals surface area contributed by atoms with Gasteiger partial charge in [-0.1, -0.05) is 13.8 Å². The summed E-state index contributed by atoms with van der Waals surface area (Å²) in [5.41, 5.74) is 5.83. The maximum absolute atomic E-state index is 10.9. The van der Waals surface area contributed by atoms with E-state index in [4.69, 9.17) is 5.73 Å². The van der Waals surface area contributed by atoms with Gasteiger partial charge in [-0.25, -0.2) is 0 Å². The molecule has 1 aromatic rings. The molecule has 0 unspecified atom stereocenters. The molecular weight excluding hydrogens is 248 g/mol. The summed E-state index contributed by atoms with van der Waals surface area (Å²) in [5.74, 6) is 0.313. The van der Waals surface area contributed by atoms with Crippen molar-refractivity contribution in [3.8, 4) is 5.75 Å². The zero-order valence-electron chi connectivity index (χ0n) is 11.1. The average Bonchev–Trinajstić information content (AvgIpc) is 2.34. The molecule has 0 heterocycles. The summed E-state index contributed by atoms with van der Waals surface area (Å²) in [7, 11) is 0. The van der Waals surface area contributed by atoms with Gasteiger partial charge >= 0.3 is 0 Å². The minimum absolute atomic E-state index is 0.105. The first-order valence-electron chi connectivity index (χ1n) is 6.24. The summed E-state index contributed by atoms with van der Waals surface area (Å²) in [4.78, 5) is 10.3. The van der Waals surface area contributed by atoms with Crippen molar-refractivity contribution in [2.45, 2.75) is 38.8 Å². The number of nitro groups is 1. The first kappa shape index (κ1) is 15.4. The summed E-state index contributed by atoms with van der Waals surface area (Å²) in [6.45, 7) is 4.05. The van der Waals surface area contributed by atoms with Crippen LogP contribution in [0.1, 0.15) is 38.3 Å². The lowest BCUT2D eigenvalue weighted by Gasteiger charge is -2.20. The van der Waals surface area contributed by atoms with Crippen LogP contribution in [0.4, 0.5) is 5.69 Å². The van der Waals surface area contributed by atoms with Crippen molar-refractivity contribution in [3.63, 3.8) is 0 Å². The Balaban J connectivity index is 2.94. The number of hydrogen-bond donors (Lipinski definition) is 3. The van der Waals surface area contributed by atoms with Gasteiger partial charge in [0.15, 0.2) is 0 Å². The molecule has 0 bridgehead atoms. The van der Waals surface area contributed by atoms with Crippen LogP contribution in [0.2, 0.25) is 0 Å². The molecule has 1 rings (SSSR count). The Morgan fingerprint density at radius 3 is 2.53 bits per heavy atom. The molecule has 0 amide bonds. The highest BCUT2D eigenvalue weighted by molar-refractivity contribution is 5.46. The van der Waals surface area contributed by atoms with E-state index in [1.807, 2.05) is 13.8 Å². The minimum Gasteiger partial charge on any atom is -0.508 e. The van der Waals surface area contributed by atoms with E-state index in [1.165, 1.54) is 18.2 Å². The van der Waals surface area contributed by atoms with Crippen LogP contribution in [0.3, 0.4) is 0 Å². The van der Waals surface area contributed by atoms with Crippen LogP contribution in [0.15, 0.2) is 18.2 Å². The van der Waals surface area contributed by atoms with E-state index in [9.17, 15) is 20.3 Å². The van der Waals surface area contributed by atoms with E-state index in [0.717, 1.165) is 6.42 Å². The Hall–Kier alpha value is -1.66. The first-order valence-corrected chi connectivity index (χ1v) is 6.24. The Labute approximate surface area is 112 Å². The molecule has 0 saturated carbocycles. The lowest BCUT2D eigenvalue weighted by atomic mass is 9.95. The standard InChI is InChI=1S/C13H20N2O4/c1-8(2)3-6-12(17)13(14)10-7-9(16)4-5-11(10)15(18)19/h4-5,7-8,12-13,16-17H,3,6,14H2,1-2H3/t12-,13+/m1/s1. The summed E-state index contributed by atoms with van der Waals surface area (Å²) < 4.78 is 0. The number of aliphatic hydroxyl groups excluding tert-OH is 1. The Bertz CT molecular complexity index is 448. The quantitative estimate of drug-likeness (QED) is 0.540. The van der Waals surface area contributed by atoms with Crippen molar-refractivity contribution >= 4 is 5.69 Å².